The number of guanidine groups is 1. The molecule has 7 heteroatoms. The molecule has 1 saturated carbocycles. The summed E-state index contributed by atoms with van der Waals surface area (Å²) in [6, 6.07) is 10.9. The zero-order valence-corrected chi connectivity index (χ0v) is 17.5. The maximum Gasteiger partial charge on any atom is 0.219 e. The van der Waals surface area contributed by atoms with Gasteiger partial charge in [0.2, 0.25) is 5.88 Å². The zero-order chi connectivity index (χ0) is 20.8. The molecule has 0 bridgehead atoms. The maximum absolute atomic E-state index is 13.0. The third-order valence-electron chi connectivity index (χ3n) is 5.92. The first kappa shape index (κ1) is 20.6. The molecule has 2 fully saturated rings. The van der Waals surface area contributed by atoms with E-state index in [0.717, 1.165) is 30.5 Å². The Morgan fingerprint density at radius 2 is 2.00 bits per heavy atom. The lowest BCUT2D eigenvalue weighted by molar-refractivity contribution is 0.242. The van der Waals surface area contributed by atoms with Gasteiger partial charge in [-0.15, -0.1) is 0 Å². The number of aliphatic imine (C=N–C) groups is 1. The van der Waals surface area contributed by atoms with Crippen LogP contribution in [0.1, 0.15) is 37.7 Å². The van der Waals surface area contributed by atoms with Crippen LogP contribution >= 0.6 is 0 Å². The van der Waals surface area contributed by atoms with Gasteiger partial charge >= 0.3 is 0 Å². The van der Waals surface area contributed by atoms with Gasteiger partial charge in [-0.05, 0) is 55.2 Å². The second-order valence-electron chi connectivity index (χ2n) is 8.05. The molecule has 2 N–H and O–H groups in total. The third kappa shape index (κ3) is 5.48. The SMILES string of the molecule is CN=C(NCc1ccnc(Oc2ccc(F)cc2)c1)NC1CCN(C2CCCC2)C1. The molecule has 4 rings (SSSR count). The minimum absolute atomic E-state index is 0.291. The highest BCUT2D eigenvalue weighted by Gasteiger charge is 2.30. The molecule has 1 aromatic carbocycles. The van der Waals surface area contributed by atoms with Crippen LogP contribution in [0, 0.1) is 5.82 Å². The molecule has 6 nitrogen and oxygen atoms in total. The van der Waals surface area contributed by atoms with Crippen LogP contribution in [0.2, 0.25) is 0 Å². The van der Waals surface area contributed by atoms with Gasteiger partial charge in [0.05, 0.1) is 0 Å². The van der Waals surface area contributed by atoms with E-state index < -0.39 is 0 Å². The van der Waals surface area contributed by atoms with E-state index >= 15 is 0 Å². The van der Waals surface area contributed by atoms with Crippen molar-refractivity contribution in [2.75, 3.05) is 20.1 Å². The first-order valence-electron chi connectivity index (χ1n) is 10.8. The molecule has 1 aliphatic heterocycles. The fourth-order valence-corrected chi connectivity index (χ4v) is 4.32. The van der Waals surface area contributed by atoms with Crippen LogP contribution < -0.4 is 15.4 Å². The smallest absolute Gasteiger partial charge is 0.219 e. The Bertz CT molecular complexity index is 851. The minimum Gasteiger partial charge on any atom is -0.439 e. The van der Waals surface area contributed by atoms with Crippen molar-refractivity contribution in [2.45, 2.75) is 50.7 Å². The molecule has 1 unspecified atom stereocenters. The Morgan fingerprint density at radius 1 is 1.20 bits per heavy atom. The Morgan fingerprint density at radius 3 is 2.77 bits per heavy atom. The van der Waals surface area contributed by atoms with Gasteiger partial charge in [0.1, 0.15) is 11.6 Å². The molecule has 1 saturated heterocycles. The summed E-state index contributed by atoms with van der Waals surface area (Å²) in [5.74, 6) is 1.55. The second-order valence-corrected chi connectivity index (χ2v) is 8.05. The molecule has 1 atom stereocenters. The van der Waals surface area contributed by atoms with Gasteiger partial charge in [0, 0.05) is 51.0 Å². The van der Waals surface area contributed by atoms with Crippen LogP contribution in [-0.2, 0) is 6.54 Å². The Labute approximate surface area is 177 Å². The summed E-state index contributed by atoms with van der Waals surface area (Å²) in [7, 11) is 1.80. The molecule has 2 aliphatic rings. The first-order chi connectivity index (χ1) is 14.7. The number of ether oxygens (including phenoxy) is 1. The number of nitrogens with one attached hydrogen (secondary N) is 2. The fraction of sp³-hybridized carbons (Fsp3) is 0.478. The van der Waals surface area contributed by atoms with Crippen molar-refractivity contribution in [3.8, 4) is 11.6 Å². The Balaban J connectivity index is 1.27. The number of pyridine rings is 1. The van der Waals surface area contributed by atoms with Crippen molar-refractivity contribution in [3.05, 3.63) is 54.0 Å². The summed E-state index contributed by atoms with van der Waals surface area (Å²) in [5.41, 5.74) is 1.03. The standard InChI is InChI=1S/C23H30FN5O/c1-25-23(28-19-11-13-29(16-19)20-4-2-3-5-20)27-15-17-10-12-26-22(14-17)30-21-8-6-18(24)7-9-21/h6-10,12,14,19-20H,2-5,11,13,15-16H2,1H3,(H2,25,27,28). The second kappa shape index (κ2) is 9.89. The zero-order valence-electron chi connectivity index (χ0n) is 17.5. The van der Waals surface area contributed by atoms with Gasteiger partial charge in [-0.25, -0.2) is 9.37 Å². The van der Waals surface area contributed by atoms with E-state index in [1.54, 1.807) is 25.4 Å². The molecule has 0 amide bonds. The Hall–Kier alpha value is -2.67. The molecule has 160 valence electrons. The summed E-state index contributed by atoms with van der Waals surface area (Å²) >= 11 is 0. The summed E-state index contributed by atoms with van der Waals surface area (Å²) < 4.78 is 18.8. The number of hydrogen-bond acceptors (Lipinski definition) is 4. The number of benzene rings is 1. The van der Waals surface area contributed by atoms with Crippen LogP contribution in [0.3, 0.4) is 0 Å². The van der Waals surface area contributed by atoms with Crippen molar-refractivity contribution in [2.24, 2.45) is 4.99 Å². The largest absolute Gasteiger partial charge is 0.439 e. The summed E-state index contributed by atoms with van der Waals surface area (Å²) in [6.45, 7) is 2.88. The normalized spacial score (nSPS) is 20.5. The average molecular weight is 412 g/mol. The predicted molar refractivity (Wildman–Crippen MR) is 116 cm³/mol. The number of hydrogen-bond donors (Lipinski definition) is 2. The van der Waals surface area contributed by atoms with Crippen LogP contribution in [0.4, 0.5) is 4.39 Å². The average Bonchev–Trinajstić information content (AvgIpc) is 3.45. The lowest BCUT2D eigenvalue weighted by Crippen LogP contribution is -2.45. The summed E-state index contributed by atoms with van der Waals surface area (Å²) in [6.07, 6.45) is 8.32. The highest BCUT2D eigenvalue weighted by atomic mass is 19.1. The molecule has 0 radical (unpaired) electrons. The predicted octanol–water partition coefficient (Wildman–Crippen LogP) is 3.69. The molecule has 30 heavy (non-hydrogen) atoms. The van der Waals surface area contributed by atoms with Crippen LogP contribution in [0.25, 0.3) is 0 Å². The molecular weight excluding hydrogens is 381 g/mol. The summed E-state index contributed by atoms with van der Waals surface area (Å²) in [5, 5.41) is 6.95. The van der Waals surface area contributed by atoms with E-state index in [1.807, 2.05) is 12.1 Å². The maximum atomic E-state index is 13.0. The first-order valence-corrected chi connectivity index (χ1v) is 10.8. The van der Waals surface area contributed by atoms with Crippen molar-refractivity contribution in [3.63, 3.8) is 0 Å². The van der Waals surface area contributed by atoms with Gasteiger partial charge in [-0.1, -0.05) is 12.8 Å². The van der Waals surface area contributed by atoms with Crippen molar-refractivity contribution < 1.29 is 9.13 Å². The highest BCUT2D eigenvalue weighted by Crippen LogP contribution is 2.26. The quantitative estimate of drug-likeness (QED) is 0.561. The Kier molecular flexibility index (Phi) is 6.79. The summed E-state index contributed by atoms with van der Waals surface area (Å²) in [4.78, 5) is 11.3. The van der Waals surface area contributed by atoms with E-state index in [0.29, 0.717) is 24.2 Å². The van der Waals surface area contributed by atoms with Gasteiger partial charge in [0.15, 0.2) is 5.96 Å². The lowest BCUT2D eigenvalue weighted by Gasteiger charge is -2.24. The molecule has 0 spiro atoms. The number of likely N-dealkylation sites (tertiary alicyclic amines) is 1. The van der Waals surface area contributed by atoms with Crippen LogP contribution in [-0.4, -0.2) is 48.1 Å². The van der Waals surface area contributed by atoms with Crippen molar-refractivity contribution >= 4 is 5.96 Å². The minimum atomic E-state index is -0.291. The van der Waals surface area contributed by atoms with Crippen LogP contribution in [0.15, 0.2) is 47.6 Å². The number of aromatic nitrogens is 1. The number of halogens is 1. The fourth-order valence-electron chi connectivity index (χ4n) is 4.32. The third-order valence-corrected chi connectivity index (χ3v) is 5.92. The van der Waals surface area contributed by atoms with Crippen LogP contribution in [0.5, 0.6) is 11.6 Å². The number of rotatable bonds is 6. The van der Waals surface area contributed by atoms with Crippen molar-refractivity contribution in [1.82, 2.24) is 20.5 Å². The topological polar surface area (TPSA) is 61.8 Å². The molecule has 1 aromatic heterocycles. The molecule has 2 heterocycles. The monoisotopic (exact) mass is 411 g/mol. The van der Waals surface area contributed by atoms with Gasteiger partial charge in [-0.3, -0.25) is 9.89 Å². The molecule has 2 aromatic rings. The molecular formula is C23H30FN5O. The highest BCUT2D eigenvalue weighted by molar-refractivity contribution is 5.80. The number of nitrogens with zero attached hydrogens (tertiary/aromatic N) is 3. The van der Waals surface area contributed by atoms with Gasteiger partial charge in [-0.2, -0.15) is 0 Å². The van der Waals surface area contributed by atoms with Crippen molar-refractivity contribution in [1.29, 1.82) is 0 Å². The van der Waals surface area contributed by atoms with E-state index in [-0.39, 0.29) is 5.82 Å². The van der Waals surface area contributed by atoms with Gasteiger partial charge < -0.3 is 15.4 Å². The van der Waals surface area contributed by atoms with E-state index in [1.165, 1.54) is 44.4 Å². The van der Waals surface area contributed by atoms with E-state index in [4.69, 9.17) is 4.74 Å². The van der Waals surface area contributed by atoms with Gasteiger partial charge in [0.25, 0.3) is 0 Å². The lowest BCUT2D eigenvalue weighted by atomic mass is 10.2. The van der Waals surface area contributed by atoms with E-state index in [9.17, 15) is 4.39 Å². The molecule has 1 aliphatic carbocycles. The van der Waals surface area contributed by atoms with E-state index in [2.05, 4.69) is 25.5 Å².